The van der Waals surface area contributed by atoms with Crippen LogP contribution in [0, 0.1) is 0 Å². The van der Waals surface area contributed by atoms with Gasteiger partial charge in [0.15, 0.2) is 0 Å². The summed E-state index contributed by atoms with van der Waals surface area (Å²) >= 11 is 0. The lowest BCUT2D eigenvalue weighted by molar-refractivity contribution is -0.148. The first-order valence-electron chi connectivity index (χ1n) is 10.5. The Morgan fingerprint density at radius 2 is 1.08 bits per heavy atom. The largest absolute Gasteiger partial charge is 0.508 e. The Labute approximate surface area is 208 Å². The topological polar surface area (TPSA) is 283 Å². The summed E-state index contributed by atoms with van der Waals surface area (Å²) in [7, 11) is 0. The Kier molecular flexibility index (Phi) is 11.4. The molecule has 1 rings (SSSR count). The molecule has 1 aromatic carbocycles. The third-order valence-electron chi connectivity index (χ3n) is 4.75. The van der Waals surface area contributed by atoms with Crippen molar-refractivity contribution in [1.29, 1.82) is 0 Å². The fourth-order valence-electron chi connectivity index (χ4n) is 2.94. The molecule has 16 nitrogen and oxygen atoms in total. The highest BCUT2D eigenvalue weighted by Crippen LogP contribution is 2.12. The quantitative estimate of drug-likeness (QED) is 0.112. The molecule has 1 aromatic rings. The van der Waals surface area contributed by atoms with Gasteiger partial charge >= 0.3 is 23.9 Å². The minimum absolute atomic E-state index is 0.107. The molecule has 10 N–H and O–H groups in total. The molecule has 0 aromatic heterocycles. The number of aromatic hydroxyl groups is 1. The summed E-state index contributed by atoms with van der Waals surface area (Å²) in [5.74, 6) is -9.85. The van der Waals surface area contributed by atoms with Gasteiger partial charge in [-0.3, -0.25) is 28.8 Å². The van der Waals surface area contributed by atoms with Crippen LogP contribution in [0.1, 0.15) is 24.8 Å². The number of aliphatic carboxylic acids is 4. The number of carboxylic acids is 4. The summed E-state index contributed by atoms with van der Waals surface area (Å²) in [6.45, 7) is 0. The zero-order chi connectivity index (χ0) is 28.3. The van der Waals surface area contributed by atoms with E-state index in [1.807, 2.05) is 5.32 Å². The van der Waals surface area contributed by atoms with Gasteiger partial charge < -0.3 is 47.2 Å². The molecule has 37 heavy (non-hydrogen) atoms. The molecule has 0 saturated heterocycles. The van der Waals surface area contributed by atoms with Gasteiger partial charge in [-0.05, 0) is 17.7 Å². The Hall–Kier alpha value is -4.73. The second-order valence-electron chi connectivity index (χ2n) is 7.79. The van der Waals surface area contributed by atoms with E-state index in [2.05, 4.69) is 10.6 Å². The van der Waals surface area contributed by atoms with E-state index < -0.39 is 85.0 Å². The van der Waals surface area contributed by atoms with E-state index in [1.165, 1.54) is 24.3 Å². The van der Waals surface area contributed by atoms with E-state index in [0.717, 1.165) is 0 Å². The van der Waals surface area contributed by atoms with Crippen molar-refractivity contribution in [2.24, 2.45) is 5.73 Å². The number of phenolic OH excluding ortho intramolecular Hbond substituents is 1. The maximum absolute atomic E-state index is 13.0. The molecular formula is C21H26N4O12. The zero-order valence-electron chi connectivity index (χ0n) is 19.1. The predicted octanol–water partition coefficient (Wildman–Crippen LogP) is -2.77. The highest BCUT2D eigenvalue weighted by molar-refractivity contribution is 5.96. The van der Waals surface area contributed by atoms with Crippen molar-refractivity contribution < 1.29 is 59.1 Å². The molecule has 4 unspecified atom stereocenters. The lowest BCUT2D eigenvalue weighted by atomic mass is 10.0. The molecule has 0 bridgehead atoms. The maximum Gasteiger partial charge on any atom is 0.326 e. The van der Waals surface area contributed by atoms with Gasteiger partial charge in [0.25, 0.3) is 0 Å². The van der Waals surface area contributed by atoms with E-state index in [1.54, 1.807) is 0 Å². The van der Waals surface area contributed by atoms with Gasteiger partial charge in [-0.15, -0.1) is 0 Å². The number of amides is 3. The molecule has 3 amide bonds. The summed E-state index contributed by atoms with van der Waals surface area (Å²) in [5.41, 5.74) is 5.90. The second kappa shape index (κ2) is 14.0. The number of carbonyl (C=O) groups excluding carboxylic acids is 3. The molecule has 0 fully saturated rings. The molecule has 0 heterocycles. The Morgan fingerprint density at radius 3 is 1.57 bits per heavy atom. The Bertz CT molecular complexity index is 1040. The van der Waals surface area contributed by atoms with Crippen LogP contribution in [0.4, 0.5) is 0 Å². The molecule has 0 radical (unpaired) electrons. The SMILES string of the molecule is NC(CC(=O)O)C(=O)NC(Cc1ccc(O)cc1)C(=O)NC(CC(=O)O)C(=O)NC(CC(=O)O)C(=O)O. The van der Waals surface area contributed by atoms with Crippen molar-refractivity contribution in [1.82, 2.24) is 16.0 Å². The molecule has 0 aliphatic heterocycles. The van der Waals surface area contributed by atoms with E-state index in [0.29, 0.717) is 5.56 Å². The molecule has 16 heteroatoms. The third-order valence-corrected chi connectivity index (χ3v) is 4.75. The van der Waals surface area contributed by atoms with E-state index in [9.17, 15) is 38.7 Å². The fraction of sp³-hybridized carbons (Fsp3) is 0.381. The smallest absolute Gasteiger partial charge is 0.326 e. The standard InChI is InChI=1S/C21H26N4O12/c22-11(6-15(27)28)18(33)23-12(5-9-1-3-10(26)4-2-9)19(34)24-13(7-16(29)30)20(35)25-14(21(36)37)8-17(31)32/h1-4,11-14,26H,5-8,22H2,(H,23,33)(H,24,34)(H,25,35)(H,27,28)(H,29,30)(H,31,32)(H,36,37). The molecule has 0 spiro atoms. The number of carboxylic acid groups (broad SMARTS) is 4. The summed E-state index contributed by atoms with van der Waals surface area (Å²) in [6.07, 6.45) is -3.11. The minimum Gasteiger partial charge on any atom is -0.508 e. The van der Waals surface area contributed by atoms with Crippen LogP contribution in [0.2, 0.25) is 0 Å². The molecular weight excluding hydrogens is 500 g/mol. The average Bonchev–Trinajstić information content (AvgIpc) is 2.77. The Balaban J connectivity index is 3.16. The lowest BCUT2D eigenvalue weighted by Gasteiger charge is -2.24. The normalized spacial score (nSPS) is 13.8. The van der Waals surface area contributed by atoms with Crippen molar-refractivity contribution in [2.75, 3.05) is 0 Å². The van der Waals surface area contributed by atoms with Gasteiger partial charge in [0.2, 0.25) is 17.7 Å². The number of benzene rings is 1. The summed E-state index contributed by atoms with van der Waals surface area (Å²) in [5, 5.41) is 51.4. The first-order valence-corrected chi connectivity index (χ1v) is 10.5. The third kappa shape index (κ3) is 11.0. The van der Waals surface area contributed by atoms with E-state index in [-0.39, 0.29) is 12.2 Å². The summed E-state index contributed by atoms with van der Waals surface area (Å²) in [4.78, 5) is 82.0. The van der Waals surface area contributed by atoms with E-state index >= 15 is 0 Å². The first-order chi connectivity index (χ1) is 17.2. The van der Waals surface area contributed by atoms with Gasteiger partial charge in [0.1, 0.15) is 23.9 Å². The van der Waals surface area contributed by atoms with Crippen LogP contribution < -0.4 is 21.7 Å². The number of nitrogens with two attached hydrogens (primary N) is 1. The van der Waals surface area contributed by atoms with Crippen LogP contribution in [0.5, 0.6) is 5.75 Å². The van der Waals surface area contributed by atoms with Gasteiger partial charge in [-0.25, -0.2) is 4.79 Å². The summed E-state index contributed by atoms with van der Waals surface area (Å²) < 4.78 is 0. The second-order valence-corrected chi connectivity index (χ2v) is 7.79. The van der Waals surface area contributed by atoms with Crippen LogP contribution in [0.15, 0.2) is 24.3 Å². The number of phenols is 1. The van der Waals surface area contributed by atoms with Crippen molar-refractivity contribution in [2.45, 2.75) is 49.9 Å². The summed E-state index contributed by atoms with van der Waals surface area (Å²) in [6, 6.07) is -1.55. The zero-order valence-corrected chi connectivity index (χ0v) is 19.1. The monoisotopic (exact) mass is 526 g/mol. The van der Waals surface area contributed by atoms with E-state index in [4.69, 9.17) is 26.2 Å². The molecule has 4 atom stereocenters. The van der Waals surface area contributed by atoms with Crippen LogP contribution in [0.3, 0.4) is 0 Å². The van der Waals surface area contributed by atoms with Crippen LogP contribution in [-0.4, -0.2) is 91.3 Å². The van der Waals surface area contributed by atoms with Gasteiger partial charge in [-0.1, -0.05) is 12.1 Å². The van der Waals surface area contributed by atoms with Crippen LogP contribution in [0.25, 0.3) is 0 Å². The minimum atomic E-state index is -1.93. The number of hydrogen-bond donors (Lipinski definition) is 9. The maximum atomic E-state index is 13.0. The van der Waals surface area contributed by atoms with Gasteiger partial charge in [-0.2, -0.15) is 0 Å². The van der Waals surface area contributed by atoms with Crippen molar-refractivity contribution in [3.8, 4) is 5.75 Å². The molecule has 202 valence electrons. The first kappa shape index (κ1) is 30.3. The van der Waals surface area contributed by atoms with Gasteiger partial charge in [0.05, 0.1) is 25.3 Å². The number of nitrogens with one attached hydrogen (secondary N) is 3. The highest BCUT2D eigenvalue weighted by atomic mass is 16.4. The predicted molar refractivity (Wildman–Crippen MR) is 120 cm³/mol. The highest BCUT2D eigenvalue weighted by Gasteiger charge is 2.32. The van der Waals surface area contributed by atoms with Crippen molar-refractivity contribution in [3.05, 3.63) is 29.8 Å². The fourth-order valence-corrected chi connectivity index (χ4v) is 2.94. The lowest BCUT2D eigenvalue weighted by Crippen LogP contribution is -2.58. The molecule has 0 saturated carbocycles. The number of rotatable bonds is 15. The number of hydrogen-bond acceptors (Lipinski definition) is 9. The molecule has 0 aliphatic rings. The van der Waals surface area contributed by atoms with Crippen molar-refractivity contribution >= 4 is 41.6 Å². The average molecular weight is 526 g/mol. The van der Waals surface area contributed by atoms with Gasteiger partial charge in [0, 0.05) is 6.42 Å². The molecule has 0 aliphatic carbocycles. The number of carbonyl (C=O) groups is 7. The van der Waals surface area contributed by atoms with Crippen LogP contribution in [-0.2, 0) is 40.0 Å². The van der Waals surface area contributed by atoms with Crippen molar-refractivity contribution in [3.63, 3.8) is 0 Å². The Morgan fingerprint density at radius 1 is 0.649 bits per heavy atom. The van der Waals surface area contributed by atoms with Crippen LogP contribution >= 0.6 is 0 Å².